The van der Waals surface area contributed by atoms with Gasteiger partial charge in [-0.05, 0) is 31.5 Å². The zero-order chi connectivity index (χ0) is 14.5. The number of nitrogens with one attached hydrogen (secondary N) is 1. The van der Waals surface area contributed by atoms with E-state index in [2.05, 4.69) is 5.32 Å². The summed E-state index contributed by atoms with van der Waals surface area (Å²) in [5.74, 6) is -0.421. The van der Waals surface area contributed by atoms with Gasteiger partial charge in [0.15, 0.2) is 0 Å². The number of anilines is 1. The van der Waals surface area contributed by atoms with E-state index in [1.54, 1.807) is 36.3 Å². The Hall–Kier alpha value is -1.79. The Balaban J connectivity index is 0.00000220. The number of benzene rings is 1. The van der Waals surface area contributed by atoms with Gasteiger partial charge < -0.3 is 15.2 Å². The molecule has 0 radical (unpaired) electrons. The van der Waals surface area contributed by atoms with Gasteiger partial charge in [-0.3, -0.25) is 14.5 Å². The molecule has 2 rings (SSSR count). The van der Waals surface area contributed by atoms with Crippen LogP contribution >= 0.6 is 12.4 Å². The molecule has 21 heavy (non-hydrogen) atoms. The Morgan fingerprint density at radius 3 is 2.90 bits per heavy atom. The normalized spacial score (nSPS) is 17.9. The first-order valence-electron chi connectivity index (χ1n) is 6.51. The Kier molecular flexibility index (Phi) is 6.45. The lowest BCUT2D eigenvalue weighted by Gasteiger charge is -2.20. The van der Waals surface area contributed by atoms with Gasteiger partial charge in [0.05, 0.1) is 13.7 Å². The number of nitrogens with zero attached hydrogens (tertiary/aromatic N) is 1. The fourth-order valence-corrected chi connectivity index (χ4v) is 2.38. The molecule has 1 heterocycles. The van der Waals surface area contributed by atoms with E-state index in [-0.39, 0.29) is 24.9 Å². The van der Waals surface area contributed by atoms with E-state index in [0.29, 0.717) is 24.4 Å². The summed E-state index contributed by atoms with van der Waals surface area (Å²) in [4.78, 5) is 24.7. The molecule has 116 valence electrons. The van der Waals surface area contributed by atoms with Crippen LogP contribution in [0.15, 0.2) is 24.3 Å². The first-order chi connectivity index (χ1) is 9.60. The molecule has 2 N–H and O–H groups in total. The summed E-state index contributed by atoms with van der Waals surface area (Å²) in [7, 11) is 1.56. The van der Waals surface area contributed by atoms with Crippen LogP contribution in [0.5, 0.6) is 5.75 Å². The minimum absolute atomic E-state index is 0. The highest BCUT2D eigenvalue weighted by Gasteiger charge is 2.31. The molecular formula is C14H19ClN2O4. The number of carbonyl (C=O) groups is 2. The van der Waals surface area contributed by atoms with E-state index in [4.69, 9.17) is 9.84 Å². The van der Waals surface area contributed by atoms with Gasteiger partial charge in [0.25, 0.3) is 0 Å². The molecule has 1 aromatic carbocycles. The molecule has 1 fully saturated rings. The molecule has 7 heteroatoms. The van der Waals surface area contributed by atoms with Gasteiger partial charge >= 0.3 is 5.97 Å². The van der Waals surface area contributed by atoms with E-state index < -0.39 is 12.0 Å². The maximum absolute atomic E-state index is 11.9. The number of carboxylic acid groups (broad SMARTS) is 1. The van der Waals surface area contributed by atoms with Crippen molar-refractivity contribution < 1.29 is 19.4 Å². The van der Waals surface area contributed by atoms with Crippen LogP contribution < -0.4 is 10.1 Å². The number of hydrogen-bond acceptors (Lipinski definition) is 4. The third-order valence-corrected chi connectivity index (χ3v) is 3.35. The Bertz CT molecular complexity index is 510. The van der Waals surface area contributed by atoms with Gasteiger partial charge in [-0.2, -0.15) is 0 Å². The highest BCUT2D eigenvalue weighted by atomic mass is 35.5. The van der Waals surface area contributed by atoms with E-state index in [1.165, 1.54) is 0 Å². The molecule has 1 saturated heterocycles. The highest BCUT2D eigenvalue weighted by molar-refractivity contribution is 5.92. The van der Waals surface area contributed by atoms with Crippen LogP contribution in [0.3, 0.4) is 0 Å². The maximum Gasteiger partial charge on any atom is 0.320 e. The second kappa shape index (κ2) is 7.85. The van der Waals surface area contributed by atoms with Crippen molar-refractivity contribution in [2.45, 2.75) is 18.9 Å². The third kappa shape index (κ3) is 4.61. The average Bonchev–Trinajstić information content (AvgIpc) is 2.87. The lowest BCUT2D eigenvalue weighted by Crippen LogP contribution is -2.40. The summed E-state index contributed by atoms with van der Waals surface area (Å²) >= 11 is 0. The standard InChI is InChI=1S/C14H18N2O4.ClH/c1-20-11-5-2-4-10(8-11)15-13(17)9-16-7-3-6-12(16)14(18)19;/h2,4-5,8,12H,3,6-7,9H2,1H3,(H,15,17)(H,18,19);1H/t12-;/m0./s1. The molecule has 1 aliphatic heterocycles. The van der Waals surface area contributed by atoms with Crippen LogP contribution in [0.1, 0.15) is 12.8 Å². The van der Waals surface area contributed by atoms with Gasteiger partial charge in [0, 0.05) is 11.8 Å². The summed E-state index contributed by atoms with van der Waals surface area (Å²) in [6, 6.07) is 6.50. The third-order valence-electron chi connectivity index (χ3n) is 3.35. The van der Waals surface area contributed by atoms with Gasteiger partial charge in [-0.25, -0.2) is 0 Å². The molecule has 1 aliphatic rings. The van der Waals surface area contributed by atoms with Crippen molar-refractivity contribution in [1.82, 2.24) is 4.90 Å². The largest absolute Gasteiger partial charge is 0.497 e. The number of likely N-dealkylation sites (tertiary alicyclic amines) is 1. The van der Waals surface area contributed by atoms with Gasteiger partial charge in [0.1, 0.15) is 11.8 Å². The van der Waals surface area contributed by atoms with Crippen molar-refractivity contribution in [1.29, 1.82) is 0 Å². The number of amides is 1. The van der Waals surface area contributed by atoms with Crippen molar-refractivity contribution in [3.8, 4) is 5.75 Å². The molecule has 1 atom stereocenters. The number of rotatable bonds is 5. The number of carbonyl (C=O) groups excluding carboxylic acids is 1. The van der Waals surface area contributed by atoms with Crippen LogP contribution in [0, 0.1) is 0 Å². The Morgan fingerprint density at radius 1 is 1.48 bits per heavy atom. The van der Waals surface area contributed by atoms with E-state index in [9.17, 15) is 9.59 Å². The number of ether oxygens (including phenoxy) is 1. The highest BCUT2D eigenvalue weighted by Crippen LogP contribution is 2.19. The molecular weight excluding hydrogens is 296 g/mol. The van der Waals surface area contributed by atoms with E-state index in [0.717, 1.165) is 6.42 Å². The van der Waals surface area contributed by atoms with Crippen molar-refractivity contribution >= 4 is 30.0 Å². The molecule has 0 spiro atoms. The number of hydrogen-bond donors (Lipinski definition) is 2. The summed E-state index contributed by atoms with van der Waals surface area (Å²) < 4.78 is 5.08. The van der Waals surface area contributed by atoms with Crippen molar-refractivity contribution in [3.05, 3.63) is 24.3 Å². The lowest BCUT2D eigenvalue weighted by atomic mass is 10.2. The van der Waals surface area contributed by atoms with Crippen LogP contribution in [0.4, 0.5) is 5.69 Å². The summed E-state index contributed by atoms with van der Waals surface area (Å²) in [5.41, 5.74) is 0.639. The molecule has 0 bridgehead atoms. The van der Waals surface area contributed by atoms with E-state index in [1.807, 2.05) is 0 Å². The number of carboxylic acids is 1. The van der Waals surface area contributed by atoms with Crippen molar-refractivity contribution in [2.75, 3.05) is 25.5 Å². The summed E-state index contributed by atoms with van der Waals surface area (Å²) in [5, 5.41) is 11.8. The van der Waals surface area contributed by atoms with Crippen LogP contribution in [-0.2, 0) is 9.59 Å². The molecule has 6 nitrogen and oxygen atoms in total. The second-order valence-electron chi connectivity index (χ2n) is 4.75. The second-order valence-corrected chi connectivity index (χ2v) is 4.75. The van der Waals surface area contributed by atoms with Crippen molar-refractivity contribution in [2.24, 2.45) is 0 Å². The number of halogens is 1. The Morgan fingerprint density at radius 2 is 2.24 bits per heavy atom. The average molecular weight is 315 g/mol. The first-order valence-corrected chi connectivity index (χ1v) is 6.51. The SMILES string of the molecule is COc1cccc(NC(=O)CN2CCC[C@H]2C(=O)O)c1.Cl. The van der Waals surface area contributed by atoms with Gasteiger partial charge in [0.2, 0.25) is 5.91 Å². The molecule has 0 aromatic heterocycles. The fraction of sp³-hybridized carbons (Fsp3) is 0.429. The lowest BCUT2D eigenvalue weighted by molar-refractivity contribution is -0.142. The maximum atomic E-state index is 11.9. The van der Waals surface area contributed by atoms with Crippen LogP contribution in [0.25, 0.3) is 0 Å². The number of aliphatic carboxylic acids is 1. The topological polar surface area (TPSA) is 78.9 Å². The van der Waals surface area contributed by atoms with Gasteiger partial charge in [-0.15, -0.1) is 12.4 Å². The zero-order valence-electron chi connectivity index (χ0n) is 11.7. The fourth-order valence-electron chi connectivity index (χ4n) is 2.38. The van der Waals surface area contributed by atoms with Crippen LogP contribution in [0.2, 0.25) is 0 Å². The first kappa shape index (κ1) is 17.3. The number of methoxy groups -OCH3 is 1. The monoisotopic (exact) mass is 314 g/mol. The van der Waals surface area contributed by atoms with Crippen molar-refractivity contribution in [3.63, 3.8) is 0 Å². The van der Waals surface area contributed by atoms with Gasteiger partial charge in [-0.1, -0.05) is 6.07 Å². The minimum Gasteiger partial charge on any atom is -0.497 e. The smallest absolute Gasteiger partial charge is 0.320 e. The molecule has 0 saturated carbocycles. The zero-order valence-corrected chi connectivity index (χ0v) is 12.6. The van der Waals surface area contributed by atoms with E-state index >= 15 is 0 Å². The minimum atomic E-state index is -0.864. The quantitative estimate of drug-likeness (QED) is 0.863. The van der Waals surface area contributed by atoms with Crippen LogP contribution in [-0.4, -0.2) is 48.1 Å². The molecule has 1 amide bonds. The predicted molar refractivity (Wildman–Crippen MR) is 81.1 cm³/mol. The molecule has 0 unspecified atom stereocenters. The molecule has 0 aliphatic carbocycles. The molecule has 1 aromatic rings. The predicted octanol–water partition coefficient (Wildman–Crippen LogP) is 1.60. The Labute approximate surface area is 129 Å². The summed E-state index contributed by atoms with van der Waals surface area (Å²) in [6.07, 6.45) is 1.41. The summed E-state index contributed by atoms with van der Waals surface area (Å²) in [6.45, 7) is 0.733.